The van der Waals surface area contributed by atoms with Crippen LogP contribution in [0.3, 0.4) is 0 Å². The Morgan fingerprint density at radius 1 is 1.26 bits per heavy atom. The highest BCUT2D eigenvalue weighted by molar-refractivity contribution is 6.58. The molecule has 0 aliphatic heterocycles. The van der Waals surface area contributed by atoms with Gasteiger partial charge < -0.3 is 20.3 Å². The molecule has 0 atom stereocenters. The van der Waals surface area contributed by atoms with Crippen LogP contribution in [0.2, 0.25) is 0 Å². The highest BCUT2D eigenvalue weighted by atomic mass is 16.4. The van der Waals surface area contributed by atoms with Crippen molar-refractivity contribution in [3.63, 3.8) is 0 Å². The first-order valence-electron chi connectivity index (χ1n) is 6.65. The molecule has 1 heterocycles. The Morgan fingerprint density at radius 2 is 2.00 bits per heavy atom. The number of H-pyrrole nitrogens is 2. The van der Waals surface area contributed by atoms with Crippen LogP contribution in [-0.4, -0.2) is 33.0 Å². The van der Waals surface area contributed by atoms with Crippen LogP contribution in [0.25, 0.3) is 6.08 Å². The number of carbonyl (C=O) groups is 1. The monoisotopic (exact) mass is 315 g/mol. The Kier molecular flexibility index (Phi) is 4.94. The normalized spacial score (nSPS) is 10.7. The summed E-state index contributed by atoms with van der Waals surface area (Å²) in [7, 11) is -1.63. The zero-order valence-corrected chi connectivity index (χ0v) is 12.2. The van der Waals surface area contributed by atoms with E-state index < -0.39 is 24.3 Å². The van der Waals surface area contributed by atoms with Crippen LogP contribution in [0.4, 0.5) is 5.69 Å². The molecule has 9 heteroatoms. The summed E-state index contributed by atoms with van der Waals surface area (Å²) < 4.78 is 0. The van der Waals surface area contributed by atoms with Crippen molar-refractivity contribution in [1.29, 1.82) is 0 Å². The maximum atomic E-state index is 11.8. The predicted molar refractivity (Wildman–Crippen MR) is 86.4 cm³/mol. The molecule has 23 heavy (non-hydrogen) atoms. The molecule has 0 unspecified atom stereocenters. The van der Waals surface area contributed by atoms with Gasteiger partial charge in [-0.2, -0.15) is 0 Å². The van der Waals surface area contributed by atoms with E-state index in [2.05, 4.69) is 15.3 Å². The molecule has 8 nitrogen and oxygen atoms in total. The molecule has 0 bridgehead atoms. The second-order valence-corrected chi connectivity index (χ2v) is 4.77. The number of anilines is 1. The van der Waals surface area contributed by atoms with E-state index in [-0.39, 0.29) is 11.0 Å². The van der Waals surface area contributed by atoms with E-state index in [9.17, 15) is 14.4 Å². The van der Waals surface area contributed by atoms with Gasteiger partial charge in [0.15, 0.2) is 0 Å². The van der Waals surface area contributed by atoms with Gasteiger partial charge in [-0.25, -0.2) is 4.79 Å². The Hall–Kier alpha value is -2.91. The number of aromatic nitrogens is 2. The fourth-order valence-corrected chi connectivity index (χ4v) is 1.93. The summed E-state index contributed by atoms with van der Waals surface area (Å²) in [5.41, 5.74) is -0.0984. The maximum Gasteiger partial charge on any atom is 0.488 e. The Morgan fingerprint density at radius 3 is 2.65 bits per heavy atom. The number of hydrogen-bond acceptors (Lipinski definition) is 5. The van der Waals surface area contributed by atoms with Crippen molar-refractivity contribution in [3.05, 3.63) is 62.4 Å². The van der Waals surface area contributed by atoms with Crippen LogP contribution in [0.5, 0.6) is 0 Å². The van der Waals surface area contributed by atoms with Gasteiger partial charge in [0.1, 0.15) is 0 Å². The molecule has 0 aliphatic carbocycles. The average Bonchev–Trinajstić information content (AvgIpc) is 2.46. The average molecular weight is 315 g/mol. The molecular formula is C14H14BN3O5. The third-order valence-electron chi connectivity index (χ3n) is 3.03. The van der Waals surface area contributed by atoms with E-state index in [1.54, 1.807) is 19.1 Å². The van der Waals surface area contributed by atoms with Crippen LogP contribution in [-0.2, 0) is 4.79 Å². The minimum atomic E-state index is -1.63. The molecule has 0 fully saturated rings. The molecular weight excluding hydrogens is 301 g/mol. The van der Waals surface area contributed by atoms with Gasteiger partial charge in [-0.1, -0.05) is 12.1 Å². The van der Waals surface area contributed by atoms with E-state index in [1.807, 2.05) is 0 Å². The zero-order valence-electron chi connectivity index (χ0n) is 12.2. The van der Waals surface area contributed by atoms with Crippen molar-refractivity contribution in [2.24, 2.45) is 0 Å². The molecule has 0 saturated carbocycles. The van der Waals surface area contributed by atoms with Crippen LogP contribution in [0, 0.1) is 6.92 Å². The number of rotatable bonds is 4. The molecule has 1 amide bonds. The van der Waals surface area contributed by atoms with Crippen molar-refractivity contribution in [1.82, 2.24) is 9.97 Å². The Bertz CT molecular complexity index is 869. The van der Waals surface area contributed by atoms with E-state index in [4.69, 9.17) is 10.0 Å². The van der Waals surface area contributed by atoms with Crippen LogP contribution in [0.1, 0.15) is 11.3 Å². The molecule has 0 aliphatic rings. The first-order valence-corrected chi connectivity index (χ1v) is 6.65. The Balaban J connectivity index is 2.15. The second-order valence-electron chi connectivity index (χ2n) is 4.77. The number of amides is 1. The largest absolute Gasteiger partial charge is 0.488 e. The van der Waals surface area contributed by atoms with Crippen LogP contribution < -0.4 is 22.0 Å². The summed E-state index contributed by atoms with van der Waals surface area (Å²) in [4.78, 5) is 39.1. The minimum absolute atomic E-state index is 0.166. The van der Waals surface area contributed by atoms with Gasteiger partial charge in [0.2, 0.25) is 5.91 Å². The number of benzene rings is 1. The SMILES string of the molecule is Cc1[nH]c(=O)[nH]c(=O)c1/C=C/C(=O)Nc1cccc(B(O)O)c1. The fraction of sp³-hybridized carbons (Fsp3) is 0.0714. The highest BCUT2D eigenvalue weighted by Gasteiger charge is 2.11. The molecule has 5 N–H and O–H groups in total. The topological polar surface area (TPSA) is 135 Å². The predicted octanol–water partition coefficient (Wildman–Crippen LogP) is -1.30. The Labute approximate surface area is 130 Å². The van der Waals surface area contributed by atoms with Crippen LogP contribution >= 0.6 is 0 Å². The van der Waals surface area contributed by atoms with Gasteiger partial charge in [0.25, 0.3) is 5.56 Å². The summed E-state index contributed by atoms with van der Waals surface area (Å²) in [6.07, 6.45) is 2.42. The van der Waals surface area contributed by atoms with Gasteiger partial charge in [0.05, 0.1) is 5.56 Å². The number of carbonyl (C=O) groups excluding carboxylic acids is 1. The fourth-order valence-electron chi connectivity index (χ4n) is 1.93. The summed E-state index contributed by atoms with van der Waals surface area (Å²) in [5, 5.41) is 20.7. The van der Waals surface area contributed by atoms with Crippen molar-refractivity contribution < 1.29 is 14.8 Å². The highest BCUT2D eigenvalue weighted by Crippen LogP contribution is 2.05. The standard InChI is InChI=1S/C14H14BN3O5/c1-8-11(13(20)18-14(21)16-8)5-6-12(19)17-10-4-2-3-9(7-10)15(22)23/h2-7,22-23H,1H3,(H,17,19)(H2,16,18,20,21)/b6-5+. The smallest absolute Gasteiger partial charge is 0.423 e. The van der Waals surface area contributed by atoms with Crippen molar-refractivity contribution in [3.8, 4) is 0 Å². The molecule has 118 valence electrons. The molecule has 0 radical (unpaired) electrons. The first-order chi connectivity index (χ1) is 10.9. The van der Waals surface area contributed by atoms with Crippen molar-refractivity contribution in [2.45, 2.75) is 6.92 Å². The molecule has 0 saturated heterocycles. The first kappa shape index (κ1) is 16.5. The third kappa shape index (κ3) is 4.28. The number of hydrogen-bond donors (Lipinski definition) is 5. The summed E-state index contributed by atoms with van der Waals surface area (Å²) in [5.74, 6) is -0.514. The second kappa shape index (κ2) is 6.90. The van der Waals surface area contributed by atoms with E-state index >= 15 is 0 Å². The van der Waals surface area contributed by atoms with Gasteiger partial charge in [-0.15, -0.1) is 0 Å². The van der Waals surface area contributed by atoms with E-state index in [0.717, 1.165) is 6.08 Å². The number of aryl methyl sites for hydroxylation is 1. The minimum Gasteiger partial charge on any atom is -0.423 e. The van der Waals surface area contributed by atoms with Crippen molar-refractivity contribution >= 4 is 30.3 Å². The zero-order chi connectivity index (χ0) is 17.0. The lowest BCUT2D eigenvalue weighted by atomic mass is 9.80. The van der Waals surface area contributed by atoms with Crippen molar-refractivity contribution in [2.75, 3.05) is 5.32 Å². The van der Waals surface area contributed by atoms with Gasteiger partial charge in [-0.05, 0) is 30.6 Å². The molecule has 2 aromatic rings. The third-order valence-corrected chi connectivity index (χ3v) is 3.03. The maximum absolute atomic E-state index is 11.8. The molecule has 0 spiro atoms. The van der Waals surface area contributed by atoms with Gasteiger partial charge in [0, 0.05) is 17.5 Å². The quantitative estimate of drug-likeness (QED) is 0.353. The molecule has 2 rings (SSSR count). The summed E-state index contributed by atoms with van der Waals surface area (Å²) >= 11 is 0. The van der Waals surface area contributed by atoms with E-state index in [1.165, 1.54) is 18.2 Å². The van der Waals surface area contributed by atoms with Crippen LogP contribution in [0.15, 0.2) is 39.9 Å². The van der Waals surface area contributed by atoms with Gasteiger partial charge in [-0.3, -0.25) is 14.6 Å². The lowest BCUT2D eigenvalue weighted by molar-refractivity contribution is -0.111. The number of nitrogens with one attached hydrogen (secondary N) is 3. The lowest BCUT2D eigenvalue weighted by Gasteiger charge is -2.05. The van der Waals surface area contributed by atoms with E-state index in [0.29, 0.717) is 11.4 Å². The van der Waals surface area contributed by atoms with Gasteiger partial charge >= 0.3 is 12.8 Å². The molecule has 1 aromatic heterocycles. The molecule has 1 aromatic carbocycles. The summed E-state index contributed by atoms with van der Waals surface area (Å²) in [6.45, 7) is 1.54. The number of aromatic amines is 2. The summed E-state index contributed by atoms with van der Waals surface area (Å²) in [6, 6.07) is 6.05. The lowest BCUT2D eigenvalue weighted by Crippen LogP contribution is -2.29.